The molecule has 1 saturated carbocycles. The van der Waals surface area contributed by atoms with Crippen LogP contribution in [0.1, 0.15) is 0 Å². The molecule has 0 amide bonds. The average Bonchev–Trinajstić information content (AvgIpc) is 2.39. The van der Waals surface area contributed by atoms with Crippen molar-refractivity contribution in [3.63, 3.8) is 0 Å². The molecular formula is C6H14F2O16P4. The molecule has 16 nitrogen and oxygen atoms in total. The molecule has 0 aromatic heterocycles. The molecule has 0 aromatic rings. The summed E-state index contributed by atoms with van der Waals surface area (Å²) in [5.41, 5.74) is 0. The van der Waals surface area contributed by atoms with Crippen molar-refractivity contribution in [2.45, 2.75) is 36.8 Å². The molecule has 0 saturated heterocycles. The van der Waals surface area contributed by atoms with Crippen molar-refractivity contribution >= 4 is 31.3 Å². The van der Waals surface area contributed by atoms with Gasteiger partial charge in [-0.15, -0.1) is 0 Å². The highest BCUT2D eigenvalue weighted by Crippen LogP contribution is 2.53. The van der Waals surface area contributed by atoms with Crippen molar-refractivity contribution in [3.05, 3.63) is 0 Å². The Hall–Kier alpha value is 0.300. The van der Waals surface area contributed by atoms with Crippen LogP contribution in [-0.2, 0) is 36.4 Å². The Morgan fingerprint density at radius 2 is 0.643 bits per heavy atom. The van der Waals surface area contributed by atoms with Crippen molar-refractivity contribution in [3.8, 4) is 0 Å². The Morgan fingerprint density at radius 1 is 0.464 bits per heavy atom. The molecular weight excluding hydrogens is 490 g/mol. The molecule has 6 atom stereocenters. The Kier molecular flexibility index (Phi) is 8.29. The summed E-state index contributed by atoms with van der Waals surface area (Å²) in [4.78, 5) is 70.5. The van der Waals surface area contributed by atoms with Gasteiger partial charge in [0.1, 0.15) is 24.4 Å². The fraction of sp³-hybridized carbons (Fsp3) is 1.00. The third-order valence-corrected chi connectivity index (χ3v) is 5.01. The highest BCUT2D eigenvalue weighted by molar-refractivity contribution is 7.47. The van der Waals surface area contributed by atoms with Gasteiger partial charge in [0.25, 0.3) is 0 Å². The lowest BCUT2D eigenvalue weighted by atomic mass is 9.87. The summed E-state index contributed by atoms with van der Waals surface area (Å²) in [5.74, 6) is 0. The lowest BCUT2D eigenvalue weighted by Crippen LogP contribution is -2.63. The summed E-state index contributed by atoms with van der Waals surface area (Å²) in [6.07, 6.45) is -18.4. The van der Waals surface area contributed by atoms with Crippen molar-refractivity contribution in [2.24, 2.45) is 0 Å². The molecule has 0 spiro atoms. The standard InChI is InChI=1S/C6H14F2O16P4/c7-1-2(8)4(22-26(12,13)14)6(24-28(18,19)20)5(23-27(15,16)17)3(1)21-25(9,10)11/h1-6H,(H2,9,10,11)(H2,12,13,14)(H2,15,16,17)(H2,18,19,20)/t1-,2+,3-,4-,5+,6+/m0/s1. The minimum absolute atomic E-state index is 2.92. The summed E-state index contributed by atoms with van der Waals surface area (Å²) < 4.78 is 88.2. The van der Waals surface area contributed by atoms with Gasteiger partial charge in [-0.05, 0) is 0 Å². The van der Waals surface area contributed by atoms with Crippen LogP contribution in [-0.4, -0.2) is 75.9 Å². The van der Waals surface area contributed by atoms with E-state index in [2.05, 4.69) is 18.1 Å². The molecule has 0 heterocycles. The normalized spacial score (nSPS) is 33.1. The van der Waals surface area contributed by atoms with Gasteiger partial charge >= 0.3 is 31.3 Å². The van der Waals surface area contributed by atoms with Crippen LogP contribution in [0, 0.1) is 0 Å². The van der Waals surface area contributed by atoms with Crippen molar-refractivity contribution in [1.29, 1.82) is 0 Å². The summed E-state index contributed by atoms with van der Waals surface area (Å²) in [7, 11) is -23.0. The van der Waals surface area contributed by atoms with E-state index in [1.54, 1.807) is 0 Å². The van der Waals surface area contributed by atoms with E-state index < -0.39 is 68.1 Å². The Balaban J connectivity index is 3.53. The molecule has 0 radical (unpaired) electrons. The van der Waals surface area contributed by atoms with Crippen molar-refractivity contribution in [2.75, 3.05) is 0 Å². The zero-order valence-corrected chi connectivity index (χ0v) is 16.4. The first-order chi connectivity index (χ1) is 12.2. The number of halogens is 2. The van der Waals surface area contributed by atoms with Crippen LogP contribution in [0.25, 0.3) is 0 Å². The van der Waals surface area contributed by atoms with E-state index in [1.165, 1.54) is 0 Å². The smallest absolute Gasteiger partial charge is 0.303 e. The molecule has 168 valence electrons. The van der Waals surface area contributed by atoms with Gasteiger partial charge in [0.2, 0.25) is 0 Å². The highest BCUT2D eigenvalue weighted by atomic mass is 31.2. The largest absolute Gasteiger partial charge is 0.470 e. The molecule has 28 heavy (non-hydrogen) atoms. The Morgan fingerprint density at radius 3 is 0.821 bits per heavy atom. The van der Waals surface area contributed by atoms with E-state index in [4.69, 9.17) is 39.1 Å². The van der Waals surface area contributed by atoms with Crippen molar-refractivity contribution < 1.29 is 84.3 Å². The second kappa shape index (κ2) is 8.81. The predicted molar refractivity (Wildman–Crippen MR) is 77.5 cm³/mol. The van der Waals surface area contributed by atoms with E-state index in [0.717, 1.165) is 0 Å². The van der Waals surface area contributed by atoms with Gasteiger partial charge < -0.3 is 39.1 Å². The van der Waals surface area contributed by atoms with E-state index in [9.17, 15) is 27.0 Å². The van der Waals surface area contributed by atoms with E-state index >= 15 is 0 Å². The van der Waals surface area contributed by atoms with Gasteiger partial charge in [0, 0.05) is 0 Å². The first kappa shape index (κ1) is 26.3. The molecule has 1 aliphatic rings. The topological polar surface area (TPSA) is 267 Å². The molecule has 0 bridgehead atoms. The average molecular weight is 504 g/mol. The van der Waals surface area contributed by atoms with Crippen LogP contribution in [0.15, 0.2) is 0 Å². The van der Waals surface area contributed by atoms with Crippen LogP contribution in [0.2, 0.25) is 0 Å². The third-order valence-electron chi connectivity index (χ3n) is 2.94. The van der Waals surface area contributed by atoms with E-state index in [1.807, 2.05) is 0 Å². The van der Waals surface area contributed by atoms with Crippen molar-refractivity contribution in [1.82, 2.24) is 0 Å². The molecule has 0 unspecified atom stereocenters. The van der Waals surface area contributed by atoms with Gasteiger partial charge in [-0.3, -0.25) is 18.1 Å². The SMILES string of the molecule is O=P(O)(O)O[C@H]1[C@H](OP(=O)(O)O)[C@@H](OP(=O)(O)O)[C@@H](F)[C@@H](F)[C@@H]1OP(=O)(O)O. The van der Waals surface area contributed by atoms with E-state index in [-0.39, 0.29) is 0 Å². The second-order valence-corrected chi connectivity index (χ2v) is 9.90. The van der Waals surface area contributed by atoms with Crippen LogP contribution in [0.3, 0.4) is 0 Å². The fourth-order valence-corrected chi connectivity index (χ4v) is 4.43. The maximum atomic E-state index is 14.3. The van der Waals surface area contributed by atoms with Crippen LogP contribution < -0.4 is 0 Å². The quantitative estimate of drug-likeness (QED) is 0.176. The summed E-state index contributed by atoms with van der Waals surface area (Å²) in [6, 6.07) is 0. The number of rotatable bonds is 8. The number of phosphoric ester groups is 4. The lowest BCUT2D eigenvalue weighted by Gasteiger charge is -2.44. The highest BCUT2D eigenvalue weighted by Gasteiger charge is 2.60. The van der Waals surface area contributed by atoms with Gasteiger partial charge in [-0.2, -0.15) is 0 Å². The summed E-state index contributed by atoms with van der Waals surface area (Å²) >= 11 is 0. The number of hydrogen-bond donors (Lipinski definition) is 8. The molecule has 0 aromatic carbocycles. The number of hydrogen-bond acceptors (Lipinski definition) is 8. The summed E-state index contributed by atoms with van der Waals surface area (Å²) in [5, 5.41) is 0. The second-order valence-electron chi connectivity index (χ2n) is 5.13. The van der Waals surface area contributed by atoms with Gasteiger partial charge in [0.15, 0.2) is 12.3 Å². The minimum atomic E-state index is -5.77. The first-order valence-corrected chi connectivity index (χ1v) is 12.6. The zero-order valence-electron chi connectivity index (χ0n) is 12.9. The van der Waals surface area contributed by atoms with Gasteiger partial charge in [-0.25, -0.2) is 27.0 Å². The molecule has 0 aliphatic heterocycles. The maximum Gasteiger partial charge on any atom is 0.470 e. The monoisotopic (exact) mass is 504 g/mol. The van der Waals surface area contributed by atoms with Gasteiger partial charge in [-0.1, -0.05) is 0 Å². The van der Waals surface area contributed by atoms with Crippen LogP contribution in [0.5, 0.6) is 0 Å². The minimum Gasteiger partial charge on any atom is -0.303 e. The third kappa shape index (κ3) is 8.58. The lowest BCUT2D eigenvalue weighted by molar-refractivity contribution is -0.175. The molecule has 22 heteroatoms. The van der Waals surface area contributed by atoms with Crippen LogP contribution >= 0.6 is 31.3 Å². The number of alkyl halides is 2. The zero-order chi connectivity index (χ0) is 22.3. The predicted octanol–water partition coefficient (Wildman–Crippen LogP) is -1.41. The van der Waals surface area contributed by atoms with Gasteiger partial charge in [0.05, 0.1) is 0 Å². The van der Waals surface area contributed by atoms with Crippen LogP contribution in [0.4, 0.5) is 8.78 Å². The fourth-order valence-electron chi connectivity index (χ4n) is 2.21. The summed E-state index contributed by atoms with van der Waals surface area (Å²) in [6.45, 7) is 0. The Labute approximate surface area is 153 Å². The molecule has 8 N–H and O–H groups in total. The maximum absolute atomic E-state index is 14.3. The first-order valence-electron chi connectivity index (χ1n) is 6.44. The molecule has 1 aliphatic carbocycles. The van der Waals surface area contributed by atoms with E-state index in [0.29, 0.717) is 0 Å². The number of phosphoric acid groups is 4. The molecule has 1 fully saturated rings. The molecule has 1 rings (SSSR count). The Bertz CT molecular complexity index is 673.